The Balaban J connectivity index is 1.70. The van der Waals surface area contributed by atoms with Gasteiger partial charge in [-0.25, -0.2) is 0 Å². The number of nitrogens with zero attached hydrogens (tertiary/aromatic N) is 1. The second-order valence-electron chi connectivity index (χ2n) is 6.76. The SMILES string of the molecule is Cc1ccc(CC2(CO)CN(C3CCCC3)CCO2)cc1. The molecule has 1 aliphatic carbocycles. The number of morpholine rings is 1. The van der Waals surface area contributed by atoms with Crippen molar-refractivity contribution in [3.63, 3.8) is 0 Å². The summed E-state index contributed by atoms with van der Waals surface area (Å²) in [5.74, 6) is 0. The average Bonchev–Trinajstić information content (AvgIpc) is 3.04. The molecule has 1 saturated carbocycles. The maximum absolute atomic E-state index is 9.97. The Labute approximate surface area is 127 Å². The summed E-state index contributed by atoms with van der Waals surface area (Å²) in [6, 6.07) is 9.29. The van der Waals surface area contributed by atoms with E-state index in [9.17, 15) is 5.11 Å². The number of aryl methyl sites for hydroxylation is 1. The molecule has 2 fully saturated rings. The van der Waals surface area contributed by atoms with Gasteiger partial charge >= 0.3 is 0 Å². The molecule has 1 aromatic rings. The molecule has 0 radical (unpaired) electrons. The molecule has 21 heavy (non-hydrogen) atoms. The molecule has 0 amide bonds. The highest BCUT2D eigenvalue weighted by Gasteiger charge is 2.39. The highest BCUT2D eigenvalue weighted by atomic mass is 16.5. The fourth-order valence-corrected chi connectivity index (χ4v) is 3.79. The molecule has 116 valence electrons. The summed E-state index contributed by atoms with van der Waals surface area (Å²) in [5.41, 5.74) is 2.10. The minimum Gasteiger partial charge on any atom is -0.393 e. The van der Waals surface area contributed by atoms with Crippen molar-refractivity contribution in [1.82, 2.24) is 4.90 Å². The number of aliphatic hydroxyl groups excluding tert-OH is 1. The Kier molecular flexibility index (Phi) is 4.63. The average molecular weight is 289 g/mol. The minimum atomic E-state index is -0.421. The van der Waals surface area contributed by atoms with Crippen molar-refractivity contribution in [2.24, 2.45) is 0 Å². The zero-order valence-electron chi connectivity index (χ0n) is 13.1. The van der Waals surface area contributed by atoms with Crippen LogP contribution in [-0.4, -0.2) is 48.0 Å². The number of benzene rings is 1. The van der Waals surface area contributed by atoms with Crippen LogP contribution in [0.25, 0.3) is 0 Å². The van der Waals surface area contributed by atoms with Gasteiger partial charge in [0.1, 0.15) is 5.60 Å². The first-order chi connectivity index (χ1) is 10.2. The Morgan fingerprint density at radius 3 is 2.62 bits per heavy atom. The fraction of sp³-hybridized carbons (Fsp3) is 0.667. The first kappa shape index (κ1) is 15.0. The van der Waals surface area contributed by atoms with Crippen LogP contribution in [0.1, 0.15) is 36.8 Å². The summed E-state index contributed by atoms with van der Waals surface area (Å²) < 4.78 is 6.05. The number of hydrogen-bond acceptors (Lipinski definition) is 3. The molecule has 1 aliphatic heterocycles. The second kappa shape index (κ2) is 6.47. The topological polar surface area (TPSA) is 32.7 Å². The Morgan fingerprint density at radius 2 is 1.95 bits per heavy atom. The maximum Gasteiger partial charge on any atom is 0.108 e. The molecule has 1 saturated heterocycles. The van der Waals surface area contributed by atoms with Crippen molar-refractivity contribution in [3.05, 3.63) is 35.4 Å². The van der Waals surface area contributed by atoms with Gasteiger partial charge in [0, 0.05) is 25.6 Å². The monoisotopic (exact) mass is 289 g/mol. The molecular weight excluding hydrogens is 262 g/mol. The van der Waals surface area contributed by atoms with Crippen molar-refractivity contribution in [1.29, 1.82) is 0 Å². The van der Waals surface area contributed by atoms with Crippen LogP contribution in [0.3, 0.4) is 0 Å². The van der Waals surface area contributed by atoms with Gasteiger partial charge in [-0.15, -0.1) is 0 Å². The van der Waals surface area contributed by atoms with Crippen LogP contribution in [-0.2, 0) is 11.2 Å². The van der Waals surface area contributed by atoms with Crippen molar-refractivity contribution in [2.45, 2.75) is 50.7 Å². The summed E-state index contributed by atoms with van der Waals surface area (Å²) >= 11 is 0. The molecule has 1 heterocycles. The Morgan fingerprint density at radius 1 is 1.24 bits per heavy atom. The van der Waals surface area contributed by atoms with Crippen LogP contribution in [0.2, 0.25) is 0 Å². The third-order valence-electron chi connectivity index (χ3n) is 5.05. The molecule has 3 nitrogen and oxygen atoms in total. The van der Waals surface area contributed by atoms with Crippen LogP contribution < -0.4 is 0 Å². The van der Waals surface area contributed by atoms with E-state index in [1.165, 1.54) is 36.8 Å². The van der Waals surface area contributed by atoms with Gasteiger partial charge in [0.2, 0.25) is 0 Å². The summed E-state index contributed by atoms with van der Waals surface area (Å²) in [4.78, 5) is 2.56. The van der Waals surface area contributed by atoms with Gasteiger partial charge in [-0.1, -0.05) is 42.7 Å². The van der Waals surface area contributed by atoms with Crippen LogP contribution in [0.5, 0.6) is 0 Å². The minimum absolute atomic E-state index is 0.101. The molecule has 1 unspecified atom stereocenters. The molecule has 3 rings (SSSR count). The van der Waals surface area contributed by atoms with E-state index < -0.39 is 5.60 Å². The highest BCUT2D eigenvalue weighted by Crippen LogP contribution is 2.29. The molecule has 0 aromatic heterocycles. The molecule has 2 aliphatic rings. The zero-order chi connectivity index (χ0) is 14.7. The van der Waals surface area contributed by atoms with Crippen molar-refractivity contribution >= 4 is 0 Å². The Hall–Kier alpha value is -0.900. The smallest absolute Gasteiger partial charge is 0.108 e. The van der Waals surface area contributed by atoms with E-state index in [1.54, 1.807) is 0 Å². The molecule has 1 aromatic carbocycles. The Bertz CT molecular complexity index is 453. The number of aliphatic hydroxyl groups is 1. The quantitative estimate of drug-likeness (QED) is 0.924. The fourth-order valence-electron chi connectivity index (χ4n) is 3.79. The van der Waals surface area contributed by atoms with E-state index in [2.05, 4.69) is 36.1 Å². The largest absolute Gasteiger partial charge is 0.393 e. The van der Waals surface area contributed by atoms with E-state index in [0.717, 1.165) is 26.1 Å². The molecule has 3 heteroatoms. The van der Waals surface area contributed by atoms with Crippen molar-refractivity contribution < 1.29 is 9.84 Å². The molecular formula is C18H27NO2. The highest BCUT2D eigenvalue weighted by molar-refractivity contribution is 5.23. The van der Waals surface area contributed by atoms with E-state index in [4.69, 9.17) is 4.74 Å². The van der Waals surface area contributed by atoms with Gasteiger partial charge in [-0.05, 0) is 25.3 Å². The zero-order valence-corrected chi connectivity index (χ0v) is 13.1. The maximum atomic E-state index is 9.97. The van der Waals surface area contributed by atoms with Gasteiger partial charge in [0.05, 0.1) is 13.2 Å². The third-order valence-corrected chi connectivity index (χ3v) is 5.05. The van der Waals surface area contributed by atoms with Gasteiger partial charge < -0.3 is 9.84 Å². The standard InChI is InChI=1S/C18H27NO2/c1-15-6-8-16(9-7-15)12-18(14-20)13-19(10-11-21-18)17-4-2-3-5-17/h6-9,17,20H,2-5,10-14H2,1H3. The lowest BCUT2D eigenvalue weighted by Gasteiger charge is -2.44. The van der Waals surface area contributed by atoms with E-state index in [0.29, 0.717) is 6.04 Å². The van der Waals surface area contributed by atoms with Gasteiger partial charge in [0.15, 0.2) is 0 Å². The number of ether oxygens (including phenoxy) is 1. The van der Waals surface area contributed by atoms with Crippen molar-refractivity contribution in [2.75, 3.05) is 26.3 Å². The predicted octanol–water partition coefficient (Wildman–Crippen LogP) is 2.54. The molecule has 1 atom stereocenters. The van der Waals surface area contributed by atoms with E-state index in [-0.39, 0.29) is 6.61 Å². The van der Waals surface area contributed by atoms with Gasteiger partial charge in [0.25, 0.3) is 0 Å². The summed E-state index contributed by atoms with van der Waals surface area (Å²) in [5, 5.41) is 9.97. The molecule has 0 bridgehead atoms. The van der Waals surface area contributed by atoms with Gasteiger partial charge in [-0.3, -0.25) is 4.90 Å². The molecule has 1 N–H and O–H groups in total. The van der Waals surface area contributed by atoms with E-state index >= 15 is 0 Å². The van der Waals surface area contributed by atoms with Crippen LogP contribution in [0, 0.1) is 6.92 Å². The summed E-state index contributed by atoms with van der Waals surface area (Å²) in [6.45, 7) is 4.82. The van der Waals surface area contributed by atoms with Crippen LogP contribution >= 0.6 is 0 Å². The lowest BCUT2D eigenvalue weighted by molar-refractivity contribution is -0.139. The first-order valence-corrected chi connectivity index (χ1v) is 8.25. The number of hydrogen-bond donors (Lipinski definition) is 1. The summed E-state index contributed by atoms with van der Waals surface area (Å²) in [6.07, 6.45) is 6.13. The van der Waals surface area contributed by atoms with Crippen LogP contribution in [0.4, 0.5) is 0 Å². The lowest BCUT2D eigenvalue weighted by atomic mass is 9.92. The predicted molar refractivity (Wildman–Crippen MR) is 84.5 cm³/mol. The second-order valence-corrected chi connectivity index (χ2v) is 6.76. The lowest BCUT2D eigenvalue weighted by Crippen LogP contribution is -2.57. The first-order valence-electron chi connectivity index (χ1n) is 8.25. The summed E-state index contributed by atoms with van der Waals surface area (Å²) in [7, 11) is 0. The molecule has 0 spiro atoms. The van der Waals surface area contributed by atoms with E-state index in [1.807, 2.05) is 0 Å². The van der Waals surface area contributed by atoms with Crippen LogP contribution in [0.15, 0.2) is 24.3 Å². The normalized spacial score (nSPS) is 28.1. The van der Waals surface area contributed by atoms with Crippen molar-refractivity contribution in [3.8, 4) is 0 Å². The number of rotatable bonds is 4. The van der Waals surface area contributed by atoms with Gasteiger partial charge in [-0.2, -0.15) is 0 Å². The third kappa shape index (κ3) is 3.47.